The van der Waals surface area contributed by atoms with Gasteiger partial charge in [0.1, 0.15) is 0 Å². The first-order valence-electron chi connectivity index (χ1n) is 4.99. The van der Waals surface area contributed by atoms with Gasteiger partial charge in [0.05, 0.1) is 6.61 Å². The minimum atomic E-state index is 0.118. The third kappa shape index (κ3) is 7.77. The molecule has 0 amide bonds. The summed E-state index contributed by atoms with van der Waals surface area (Å²) in [5.41, 5.74) is 0. The van der Waals surface area contributed by atoms with E-state index < -0.39 is 0 Å². The van der Waals surface area contributed by atoms with Crippen LogP contribution >= 0.6 is 0 Å². The molecule has 0 aromatic carbocycles. The molecule has 1 unspecified atom stereocenters. The highest BCUT2D eigenvalue weighted by molar-refractivity contribution is 4.91. The van der Waals surface area contributed by atoms with E-state index in [1.807, 2.05) is 6.08 Å². The smallest absolute Gasteiger partial charge is 0.0612 e. The highest BCUT2D eigenvalue weighted by Crippen LogP contribution is 2.04. The van der Waals surface area contributed by atoms with E-state index in [9.17, 15) is 0 Å². The minimum absolute atomic E-state index is 0.118. The van der Waals surface area contributed by atoms with Crippen molar-refractivity contribution < 1.29 is 10.2 Å². The van der Waals surface area contributed by atoms with Crippen molar-refractivity contribution >= 4 is 0 Å². The fourth-order valence-electron chi connectivity index (χ4n) is 1.02. The number of hydrogen-bond donors (Lipinski definition) is 2. The maximum atomic E-state index is 8.85. The lowest BCUT2D eigenvalue weighted by atomic mass is 10.1. The van der Waals surface area contributed by atoms with Gasteiger partial charge in [-0.1, -0.05) is 30.4 Å². The molecule has 0 aromatic rings. The van der Waals surface area contributed by atoms with Gasteiger partial charge in [0, 0.05) is 12.5 Å². The van der Waals surface area contributed by atoms with Gasteiger partial charge in [-0.3, -0.25) is 0 Å². The zero-order valence-corrected chi connectivity index (χ0v) is 8.60. The van der Waals surface area contributed by atoms with Crippen molar-refractivity contribution in [3.05, 3.63) is 37.0 Å². The molecule has 2 N–H and O–H groups in total. The molecular weight excluding hydrogens is 176 g/mol. The summed E-state index contributed by atoms with van der Waals surface area (Å²) in [4.78, 5) is 0. The average Bonchev–Trinajstić information content (AvgIpc) is 2.22. The zero-order valence-electron chi connectivity index (χ0n) is 8.60. The first kappa shape index (κ1) is 13.1. The van der Waals surface area contributed by atoms with Crippen LogP contribution in [-0.4, -0.2) is 23.4 Å². The lowest BCUT2D eigenvalue weighted by Gasteiger charge is -2.03. The molecule has 0 fully saturated rings. The molecule has 0 saturated carbocycles. The summed E-state index contributed by atoms with van der Waals surface area (Å²) in [6, 6.07) is 0. The lowest BCUT2D eigenvalue weighted by molar-refractivity contribution is 0.254. The molecule has 0 aliphatic rings. The number of aliphatic hydroxyl groups excluding tert-OH is 2. The van der Waals surface area contributed by atoms with Crippen LogP contribution in [0, 0.1) is 5.92 Å². The maximum absolute atomic E-state index is 8.85. The van der Waals surface area contributed by atoms with Crippen LogP contribution in [0.1, 0.15) is 19.3 Å². The SMILES string of the molecule is C=CC(CO)C/C=C\CC/C=C/CO. The summed E-state index contributed by atoms with van der Waals surface area (Å²) in [5, 5.41) is 17.3. The number of unbranched alkanes of at least 4 members (excludes halogenated alkanes) is 1. The second kappa shape index (κ2) is 10.2. The van der Waals surface area contributed by atoms with Gasteiger partial charge in [-0.25, -0.2) is 0 Å². The Morgan fingerprint density at radius 1 is 1.00 bits per heavy atom. The Hall–Kier alpha value is -0.860. The predicted octanol–water partition coefficient (Wildman–Crippen LogP) is 2.06. The molecule has 0 heterocycles. The Kier molecular flexibility index (Phi) is 9.59. The molecule has 1 atom stereocenters. The second-order valence-corrected chi connectivity index (χ2v) is 3.12. The van der Waals surface area contributed by atoms with Gasteiger partial charge in [-0.15, -0.1) is 6.58 Å². The third-order valence-corrected chi connectivity index (χ3v) is 1.95. The molecular formula is C12H20O2. The highest BCUT2D eigenvalue weighted by atomic mass is 16.3. The monoisotopic (exact) mass is 196 g/mol. The van der Waals surface area contributed by atoms with Gasteiger partial charge in [0.25, 0.3) is 0 Å². The van der Waals surface area contributed by atoms with Gasteiger partial charge in [0.2, 0.25) is 0 Å². The van der Waals surface area contributed by atoms with Gasteiger partial charge in [-0.2, -0.15) is 0 Å². The van der Waals surface area contributed by atoms with E-state index in [0.717, 1.165) is 19.3 Å². The molecule has 0 bridgehead atoms. The average molecular weight is 196 g/mol. The Bertz CT molecular complexity index is 183. The van der Waals surface area contributed by atoms with E-state index in [1.165, 1.54) is 0 Å². The molecule has 0 spiro atoms. The Balaban J connectivity index is 3.43. The van der Waals surface area contributed by atoms with Crippen molar-refractivity contribution in [3.63, 3.8) is 0 Å². The van der Waals surface area contributed by atoms with E-state index in [0.29, 0.717) is 0 Å². The maximum Gasteiger partial charge on any atom is 0.0612 e. The van der Waals surface area contributed by atoms with Crippen LogP contribution in [0.25, 0.3) is 0 Å². The number of allylic oxidation sites excluding steroid dienone is 3. The molecule has 2 nitrogen and oxygen atoms in total. The van der Waals surface area contributed by atoms with Crippen LogP contribution in [0.5, 0.6) is 0 Å². The van der Waals surface area contributed by atoms with E-state index >= 15 is 0 Å². The van der Waals surface area contributed by atoms with Gasteiger partial charge in [-0.05, 0) is 19.3 Å². The van der Waals surface area contributed by atoms with Crippen molar-refractivity contribution in [1.82, 2.24) is 0 Å². The fourth-order valence-corrected chi connectivity index (χ4v) is 1.02. The van der Waals surface area contributed by atoms with Crippen molar-refractivity contribution in [2.45, 2.75) is 19.3 Å². The van der Waals surface area contributed by atoms with Crippen LogP contribution in [0.3, 0.4) is 0 Å². The quantitative estimate of drug-likeness (QED) is 0.461. The molecule has 2 heteroatoms. The molecule has 0 radical (unpaired) electrons. The highest BCUT2D eigenvalue weighted by Gasteiger charge is 1.96. The minimum Gasteiger partial charge on any atom is -0.396 e. The van der Waals surface area contributed by atoms with Gasteiger partial charge >= 0.3 is 0 Å². The molecule has 0 rings (SSSR count). The molecule has 0 saturated heterocycles. The standard InChI is InChI=1S/C12H20O2/c1-2-12(11-14)9-7-5-3-4-6-8-10-13/h2,5-8,12-14H,1,3-4,9-11H2/b7-5-,8-6+. The largest absolute Gasteiger partial charge is 0.396 e. The van der Waals surface area contributed by atoms with Gasteiger partial charge < -0.3 is 10.2 Å². The van der Waals surface area contributed by atoms with Crippen molar-refractivity contribution in [2.24, 2.45) is 5.92 Å². The van der Waals surface area contributed by atoms with E-state index in [2.05, 4.69) is 18.7 Å². The lowest BCUT2D eigenvalue weighted by Crippen LogP contribution is -1.99. The van der Waals surface area contributed by atoms with Crippen LogP contribution in [0.2, 0.25) is 0 Å². The Morgan fingerprint density at radius 2 is 1.64 bits per heavy atom. The summed E-state index contributed by atoms with van der Waals surface area (Å²) >= 11 is 0. The van der Waals surface area contributed by atoms with Crippen LogP contribution < -0.4 is 0 Å². The molecule has 0 aromatic heterocycles. The Morgan fingerprint density at radius 3 is 2.14 bits per heavy atom. The molecule has 14 heavy (non-hydrogen) atoms. The van der Waals surface area contributed by atoms with Crippen LogP contribution in [0.15, 0.2) is 37.0 Å². The summed E-state index contributed by atoms with van der Waals surface area (Å²) < 4.78 is 0. The normalized spacial score (nSPS) is 13.9. The molecule has 0 aliphatic carbocycles. The summed E-state index contributed by atoms with van der Waals surface area (Å²) in [6.07, 6.45) is 12.4. The predicted molar refractivity (Wildman–Crippen MR) is 60.0 cm³/mol. The summed E-state index contributed by atoms with van der Waals surface area (Å²) in [5.74, 6) is 0.180. The first-order valence-corrected chi connectivity index (χ1v) is 4.99. The number of hydrogen-bond acceptors (Lipinski definition) is 2. The third-order valence-electron chi connectivity index (χ3n) is 1.95. The van der Waals surface area contributed by atoms with Crippen molar-refractivity contribution in [2.75, 3.05) is 13.2 Å². The molecule has 80 valence electrons. The van der Waals surface area contributed by atoms with Crippen LogP contribution in [0.4, 0.5) is 0 Å². The number of rotatable bonds is 8. The summed E-state index contributed by atoms with van der Waals surface area (Å²) in [6.45, 7) is 3.92. The fraction of sp³-hybridized carbons (Fsp3) is 0.500. The van der Waals surface area contributed by atoms with E-state index in [4.69, 9.17) is 10.2 Å². The summed E-state index contributed by atoms with van der Waals surface area (Å²) in [7, 11) is 0. The van der Waals surface area contributed by atoms with Crippen molar-refractivity contribution in [1.29, 1.82) is 0 Å². The zero-order chi connectivity index (χ0) is 10.6. The van der Waals surface area contributed by atoms with Gasteiger partial charge in [0.15, 0.2) is 0 Å². The number of aliphatic hydroxyl groups is 2. The topological polar surface area (TPSA) is 40.5 Å². The van der Waals surface area contributed by atoms with Crippen molar-refractivity contribution in [3.8, 4) is 0 Å². The van der Waals surface area contributed by atoms with E-state index in [-0.39, 0.29) is 19.1 Å². The van der Waals surface area contributed by atoms with Crippen LogP contribution in [-0.2, 0) is 0 Å². The first-order chi connectivity index (χ1) is 6.85. The van der Waals surface area contributed by atoms with E-state index in [1.54, 1.807) is 12.2 Å². The second-order valence-electron chi connectivity index (χ2n) is 3.12. The molecule has 0 aliphatic heterocycles. The Labute approximate surface area is 86.3 Å².